The quantitative estimate of drug-likeness (QED) is 0.824. The molecular formula is C10H10N4O. The van der Waals surface area contributed by atoms with Crippen molar-refractivity contribution in [3.05, 3.63) is 23.7 Å². The van der Waals surface area contributed by atoms with Gasteiger partial charge in [0.15, 0.2) is 5.82 Å². The second-order valence-corrected chi connectivity index (χ2v) is 3.16. The number of rotatable bonds is 3. The number of nitrogens with one attached hydrogen (secondary N) is 1. The van der Waals surface area contributed by atoms with E-state index in [1.807, 2.05) is 6.07 Å². The van der Waals surface area contributed by atoms with Crippen LogP contribution in [0.2, 0.25) is 0 Å². The number of aromatic nitrogens is 3. The van der Waals surface area contributed by atoms with Crippen LogP contribution >= 0.6 is 0 Å². The number of hydrogen-bond donors (Lipinski definition) is 1. The maximum Gasteiger partial charge on any atom is 0.274 e. The van der Waals surface area contributed by atoms with Gasteiger partial charge in [0.2, 0.25) is 0 Å². The van der Waals surface area contributed by atoms with E-state index < -0.39 is 0 Å². The van der Waals surface area contributed by atoms with E-state index in [1.165, 1.54) is 0 Å². The minimum Gasteiger partial charge on any atom is -0.342 e. The van der Waals surface area contributed by atoms with E-state index >= 15 is 0 Å². The van der Waals surface area contributed by atoms with Gasteiger partial charge in [-0.05, 0) is 18.6 Å². The normalized spacial score (nSPS) is 10.1. The molecule has 0 spiro atoms. The average molecular weight is 202 g/mol. The lowest BCUT2D eigenvalue weighted by Gasteiger charge is -1.85. The van der Waals surface area contributed by atoms with Crippen molar-refractivity contribution in [2.24, 2.45) is 0 Å². The van der Waals surface area contributed by atoms with E-state index in [4.69, 9.17) is 9.78 Å². The first-order valence-electron chi connectivity index (χ1n) is 4.75. The summed E-state index contributed by atoms with van der Waals surface area (Å²) in [7, 11) is 0. The van der Waals surface area contributed by atoms with Gasteiger partial charge < -0.3 is 9.51 Å². The molecule has 2 heterocycles. The highest BCUT2D eigenvalue weighted by molar-refractivity contribution is 5.49. The minimum absolute atomic E-state index is 0.431. The van der Waals surface area contributed by atoms with Crippen molar-refractivity contribution in [2.45, 2.75) is 19.8 Å². The summed E-state index contributed by atoms with van der Waals surface area (Å²) in [5.41, 5.74) is 1.17. The van der Waals surface area contributed by atoms with Crippen LogP contribution in [0.25, 0.3) is 11.6 Å². The molecule has 2 aromatic rings. The molecule has 15 heavy (non-hydrogen) atoms. The first-order valence-corrected chi connectivity index (χ1v) is 4.75. The van der Waals surface area contributed by atoms with Gasteiger partial charge in [0.25, 0.3) is 5.89 Å². The molecule has 1 N–H and O–H groups in total. The third-order valence-electron chi connectivity index (χ3n) is 1.98. The number of nitrogens with zero attached hydrogens (tertiary/aromatic N) is 3. The highest BCUT2D eigenvalue weighted by Gasteiger charge is 2.09. The Kier molecular flexibility index (Phi) is 2.50. The van der Waals surface area contributed by atoms with Crippen LogP contribution in [0, 0.1) is 11.3 Å². The Morgan fingerprint density at radius 3 is 3.07 bits per heavy atom. The summed E-state index contributed by atoms with van der Waals surface area (Å²) in [4.78, 5) is 7.08. The zero-order valence-corrected chi connectivity index (χ0v) is 8.32. The second-order valence-electron chi connectivity index (χ2n) is 3.16. The van der Waals surface area contributed by atoms with Gasteiger partial charge in [0, 0.05) is 6.42 Å². The van der Waals surface area contributed by atoms with Gasteiger partial charge in [-0.25, -0.2) is 0 Å². The monoisotopic (exact) mass is 202 g/mol. The smallest absolute Gasteiger partial charge is 0.274 e. The van der Waals surface area contributed by atoms with Gasteiger partial charge >= 0.3 is 0 Å². The largest absolute Gasteiger partial charge is 0.342 e. The summed E-state index contributed by atoms with van der Waals surface area (Å²) in [6.45, 7) is 2.05. The van der Waals surface area contributed by atoms with Crippen LogP contribution in [0.3, 0.4) is 0 Å². The molecule has 0 saturated heterocycles. The van der Waals surface area contributed by atoms with Crippen molar-refractivity contribution in [3.8, 4) is 17.7 Å². The molecule has 5 heteroatoms. The number of hydrogen-bond acceptors (Lipinski definition) is 4. The van der Waals surface area contributed by atoms with Gasteiger partial charge in [-0.3, -0.25) is 0 Å². The van der Waals surface area contributed by atoms with Crippen molar-refractivity contribution in [1.29, 1.82) is 5.26 Å². The zero-order chi connectivity index (χ0) is 10.7. The lowest BCUT2D eigenvalue weighted by Crippen LogP contribution is -1.85. The molecule has 5 nitrogen and oxygen atoms in total. The fraction of sp³-hybridized carbons (Fsp3) is 0.300. The van der Waals surface area contributed by atoms with E-state index in [1.54, 1.807) is 12.1 Å². The molecule has 0 aliphatic carbocycles. The summed E-state index contributed by atoms with van der Waals surface area (Å²) < 4.78 is 5.06. The molecule has 0 aromatic carbocycles. The van der Waals surface area contributed by atoms with E-state index in [0.717, 1.165) is 12.8 Å². The Balaban J connectivity index is 2.25. The Morgan fingerprint density at radius 1 is 1.53 bits per heavy atom. The van der Waals surface area contributed by atoms with Gasteiger partial charge in [0.05, 0.1) is 0 Å². The van der Waals surface area contributed by atoms with Crippen LogP contribution in [0.4, 0.5) is 0 Å². The molecule has 0 atom stereocenters. The molecule has 0 unspecified atom stereocenters. The number of aromatic amines is 1. The number of aryl methyl sites for hydroxylation is 1. The molecule has 0 saturated carbocycles. The van der Waals surface area contributed by atoms with Crippen molar-refractivity contribution in [3.63, 3.8) is 0 Å². The molecule has 2 aromatic heterocycles. The average Bonchev–Trinajstić information content (AvgIpc) is 2.85. The summed E-state index contributed by atoms with van der Waals surface area (Å²) in [5, 5.41) is 12.5. The summed E-state index contributed by atoms with van der Waals surface area (Å²) in [5.74, 6) is 1.13. The predicted molar refractivity (Wildman–Crippen MR) is 52.8 cm³/mol. The van der Waals surface area contributed by atoms with Crippen molar-refractivity contribution < 1.29 is 4.52 Å². The molecule has 0 radical (unpaired) electrons. The third-order valence-corrected chi connectivity index (χ3v) is 1.98. The van der Waals surface area contributed by atoms with Gasteiger partial charge in [-0.15, -0.1) is 0 Å². The maximum atomic E-state index is 8.64. The highest BCUT2D eigenvalue weighted by Crippen LogP contribution is 2.16. The molecule has 0 aliphatic rings. The van der Waals surface area contributed by atoms with Gasteiger partial charge in [-0.1, -0.05) is 12.1 Å². The first kappa shape index (κ1) is 9.46. The second kappa shape index (κ2) is 3.96. The summed E-state index contributed by atoms with van der Waals surface area (Å²) in [6, 6.07) is 5.44. The molecule has 0 fully saturated rings. The summed E-state index contributed by atoms with van der Waals surface area (Å²) in [6.07, 6.45) is 1.78. The number of nitriles is 1. The zero-order valence-electron chi connectivity index (χ0n) is 8.32. The van der Waals surface area contributed by atoms with E-state index in [-0.39, 0.29) is 0 Å². The fourth-order valence-electron chi connectivity index (χ4n) is 1.27. The molecule has 76 valence electrons. The van der Waals surface area contributed by atoms with Crippen LogP contribution in [-0.4, -0.2) is 15.1 Å². The van der Waals surface area contributed by atoms with E-state index in [2.05, 4.69) is 22.0 Å². The summed E-state index contributed by atoms with van der Waals surface area (Å²) >= 11 is 0. The van der Waals surface area contributed by atoms with Crippen molar-refractivity contribution in [1.82, 2.24) is 15.1 Å². The standard InChI is InChI=1S/C10H10N4O/c1-2-3-9-13-10(15-14-9)8-5-4-7(6-11)12-8/h4-5,12H,2-3H2,1H3. The molecule has 0 bridgehead atoms. The van der Waals surface area contributed by atoms with Crippen LogP contribution < -0.4 is 0 Å². The molecular weight excluding hydrogens is 192 g/mol. The maximum absolute atomic E-state index is 8.64. The minimum atomic E-state index is 0.431. The van der Waals surface area contributed by atoms with Crippen LogP contribution in [0.5, 0.6) is 0 Å². The van der Waals surface area contributed by atoms with E-state index in [0.29, 0.717) is 23.1 Å². The molecule has 0 aliphatic heterocycles. The lowest BCUT2D eigenvalue weighted by molar-refractivity contribution is 0.421. The van der Waals surface area contributed by atoms with Crippen molar-refractivity contribution in [2.75, 3.05) is 0 Å². The number of H-pyrrole nitrogens is 1. The SMILES string of the molecule is CCCc1noc(-c2ccc(C#N)[nH]2)n1. The van der Waals surface area contributed by atoms with Crippen LogP contribution in [0.1, 0.15) is 24.9 Å². The van der Waals surface area contributed by atoms with Gasteiger partial charge in [0.1, 0.15) is 17.5 Å². The molecule has 2 rings (SSSR count). The predicted octanol–water partition coefficient (Wildman–Crippen LogP) is 1.89. The van der Waals surface area contributed by atoms with Gasteiger partial charge in [-0.2, -0.15) is 10.2 Å². The Labute approximate surface area is 86.7 Å². The van der Waals surface area contributed by atoms with Crippen LogP contribution in [0.15, 0.2) is 16.7 Å². The Hall–Kier alpha value is -2.09. The lowest BCUT2D eigenvalue weighted by atomic mass is 10.3. The Morgan fingerprint density at radius 2 is 2.40 bits per heavy atom. The fourth-order valence-corrected chi connectivity index (χ4v) is 1.27. The first-order chi connectivity index (χ1) is 7.33. The Bertz CT molecular complexity index is 491. The highest BCUT2D eigenvalue weighted by atomic mass is 16.5. The van der Waals surface area contributed by atoms with Crippen LogP contribution in [-0.2, 0) is 6.42 Å². The van der Waals surface area contributed by atoms with Crippen molar-refractivity contribution >= 4 is 0 Å². The topological polar surface area (TPSA) is 78.5 Å². The third kappa shape index (κ3) is 1.89. The molecule has 0 amide bonds. The van der Waals surface area contributed by atoms with E-state index in [9.17, 15) is 0 Å².